The Kier molecular flexibility index (Phi) is 3.48. The lowest BCUT2D eigenvalue weighted by Crippen LogP contribution is -2.41. The summed E-state index contributed by atoms with van der Waals surface area (Å²) in [6.07, 6.45) is 0. The van der Waals surface area contributed by atoms with Crippen molar-refractivity contribution in [2.24, 2.45) is 0 Å². The third kappa shape index (κ3) is 2.20. The van der Waals surface area contributed by atoms with E-state index in [1.807, 2.05) is 79.7 Å². The van der Waals surface area contributed by atoms with Crippen LogP contribution in [0.3, 0.4) is 0 Å². The lowest BCUT2D eigenvalue weighted by atomic mass is 9.83. The minimum atomic E-state index is -1.42. The minimum Gasteiger partial charge on any atom is -0.378 e. The lowest BCUT2D eigenvalue weighted by molar-refractivity contribution is -0.114. The number of benzene rings is 3. The Bertz CT molecular complexity index is 979. The summed E-state index contributed by atoms with van der Waals surface area (Å²) >= 11 is 0. The third-order valence-corrected chi connectivity index (χ3v) is 5.15. The maximum absolute atomic E-state index is 12.8. The molecule has 4 rings (SSSR count). The van der Waals surface area contributed by atoms with Gasteiger partial charge in [-0.1, -0.05) is 61.2 Å². The molecule has 1 fully saturated rings. The predicted molar refractivity (Wildman–Crippen MR) is 100 cm³/mol. The monoisotopic (exact) mass is 329 g/mol. The average Bonchev–Trinajstić information content (AvgIpc) is 2.83. The molecule has 0 aromatic heterocycles. The van der Waals surface area contributed by atoms with Crippen LogP contribution < -0.4 is 4.90 Å². The zero-order chi connectivity index (χ0) is 17.6. The molecule has 1 N–H and O–H groups in total. The van der Waals surface area contributed by atoms with Crippen LogP contribution in [0.2, 0.25) is 0 Å². The van der Waals surface area contributed by atoms with E-state index in [0.717, 1.165) is 16.5 Å². The zero-order valence-corrected chi connectivity index (χ0v) is 14.0. The van der Waals surface area contributed by atoms with Crippen LogP contribution in [0.5, 0.6) is 0 Å². The van der Waals surface area contributed by atoms with Gasteiger partial charge in [-0.15, -0.1) is 0 Å². The number of nitrogens with zero attached hydrogens (tertiary/aromatic N) is 1. The van der Waals surface area contributed by atoms with Crippen molar-refractivity contribution >= 4 is 22.4 Å². The standard InChI is InChI=1S/C22H19NO2/c1-15-21(24)23(20-10-4-3-5-11-20)16(2)22(15,25)19-13-12-17-8-6-7-9-18(17)14-19/h3-14,16,25H,1H2,2H3/t16-,22-/m1/s1. The predicted octanol–water partition coefficient (Wildman–Crippen LogP) is 4.02. The quantitative estimate of drug-likeness (QED) is 0.722. The highest BCUT2D eigenvalue weighted by atomic mass is 16.3. The lowest BCUT2D eigenvalue weighted by Gasteiger charge is -2.31. The molecule has 3 nitrogen and oxygen atoms in total. The third-order valence-electron chi connectivity index (χ3n) is 5.15. The minimum absolute atomic E-state index is 0.208. The highest BCUT2D eigenvalue weighted by Gasteiger charge is 2.53. The maximum Gasteiger partial charge on any atom is 0.257 e. The van der Waals surface area contributed by atoms with Gasteiger partial charge < -0.3 is 10.0 Å². The van der Waals surface area contributed by atoms with Gasteiger partial charge in [-0.3, -0.25) is 4.79 Å². The van der Waals surface area contributed by atoms with Gasteiger partial charge >= 0.3 is 0 Å². The van der Waals surface area contributed by atoms with Crippen molar-refractivity contribution in [3.63, 3.8) is 0 Å². The molecule has 1 amide bonds. The largest absolute Gasteiger partial charge is 0.378 e. The SMILES string of the molecule is C=C1C(=O)N(c2ccccc2)[C@H](C)[C@@]1(O)c1ccc2ccccc2c1. The van der Waals surface area contributed by atoms with Gasteiger partial charge in [0.05, 0.1) is 6.04 Å². The molecule has 0 unspecified atom stereocenters. The maximum atomic E-state index is 12.8. The van der Waals surface area contributed by atoms with Crippen LogP contribution in [-0.2, 0) is 10.4 Å². The number of carbonyl (C=O) groups excluding carboxylic acids is 1. The Morgan fingerprint density at radius 2 is 1.60 bits per heavy atom. The van der Waals surface area contributed by atoms with Crippen LogP contribution in [-0.4, -0.2) is 17.1 Å². The molecule has 1 saturated heterocycles. The fraction of sp³-hybridized carbons (Fsp3) is 0.136. The Morgan fingerprint density at radius 1 is 0.960 bits per heavy atom. The molecule has 0 saturated carbocycles. The normalized spacial score (nSPS) is 23.4. The first-order chi connectivity index (χ1) is 12.0. The van der Waals surface area contributed by atoms with E-state index in [0.29, 0.717) is 5.56 Å². The Balaban J connectivity index is 1.84. The number of carbonyl (C=O) groups is 1. The molecule has 3 heteroatoms. The fourth-order valence-electron chi connectivity index (χ4n) is 3.69. The Hall–Kier alpha value is -2.91. The summed E-state index contributed by atoms with van der Waals surface area (Å²) in [5.41, 5.74) is 0.240. The van der Waals surface area contributed by atoms with E-state index in [2.05, 4.69) is 6.58 Å². The summed E-state index contributed by atoms with van der Waals surface area (Å²) in [6, 6.07) is 22.7. The highest BCUT2D eigenvalue weighted by Crippen LogP contribution is 2.44. The van der Waals surface area contributed by atoms with Crippen molar-refractivity contribution < 1.29 is 9.90 Å². The first kappa shape index (κ1) is 15.6. The number of hydrogen-bond donors (Lipinski definition) is 1. The molecule has 0 spiro atoms. The molecular formula is C22H19NO2. The number of fused-ring (bicyclic) bond motifs is 1. The van der Waals surface area contributed by atoms with E-state index in [9.17, 15) is 9.90 Å². The van der Waals surface area contributed by atoms with Crippen molar-refractivity contribution in [3.05, 3.63) is 90.5 Å². The van der Waals surface area contributed by atoms with Gasteiger partial charge in [0, 0.05) is 11.3 Å². The number of para-hydroxylation sites is 1. The van der Waals surface area contributed by atoms with Gasteiger partial charge in [-0.05, 0) is 41.5 Å². The molecular weight excluding hydrogens is 310 g/mol. The Labute approximate surface area is 146 Å². The Morgan fingerprint density at radius 3 is 2.32 bits per heavy atom. The average molecular weight is 329 g/mol. The smallest absolute Gasteiger partial charge is 0.257 e. The van der Waals surface area contributed by atoms with Gasteiger partial charge in [0.15, 0.2) is 0 Å². The van der Waals surface area contributed by atoms with Gasteiger partial charge in [-0.25, -0.2) is 0 Å². The fourth-order valence-corrected chi connectivity index (χ4v) is 3.69. The van der Waals surface area contributed by atoms with Crippen molar-refractivity contribution in [2.75, 3.05) is 4.90 Å². The molecule has 2 atom stereocenters. The van der Waals surface area contributed by atoms with Gasteiger partial charge in [0.2, 0.25) is 0 Å². The molecule has 1 aliphatic heterocycles. The molecule has 0 aliphatic carbocycles. The van der Waals surface area contributed by atoms with E-state index >= 15 is 0 Å². The number of rotatable bonds is 2. The highest BCUT2D eigenvalue weighted by molar-refractivity contribution is 6.10. The van der Waals surface area contributed by atoms with E-state index in [1.165, 1.54) is 0 Å². The summed E-state index contributed by atoms with van der Waals surface area (Å²) in [7, 11) is 0. The number of amides is 1. The van der Waals surface area contributed by atoms with Gasteiger partial charge in [-0.2, -0.15) is 0 Å². The summed E-state index contributed by atoms with van der Waals surface area (Å²) in [5, 5.41) is 13.6. The zero-order valence-electron chi connectivity index (χ0n) is 14.0. The van der Waals surface area contributed by atoms with E-state index < -0.39 is 11.6 Å². The van der Waals surface area contributed by atoms with Crippen molar-refractivity contribution in [3.8, 4) is 0 Å². The van der Waals surface area contributed by atoms with Gasteiger partial charge in [0.1, 0.15) is 5.60 Å². The second-order valence-electron chi connectivity index (χ2n) is 6.49. The topological polar surface area (TPSA) is 40.5 Å². The molecule has 3 aromatic carbocycles. The van der Waals surface area contributed by atoms with E-state index in [4.69, 9.17) is 0 Å². The molecule has 1 aliphatic rings. The van der Waals surface area contributed by atoms with Crippen LogP contribution in [0.15, 0.2) is 84.9 Å². The first-order valence-corrected chi connectivity index (χ1v) is 8.33. The van der Waals surface area contributed by atoms with Crippen molar-refractivity contribution in [2.45, 2.75) is 18.6 Å². The van der Waals surface area contributed by atoms with Gasteiger partial charge in [0.25, 0.3) is 5.91 Å². The van der Waals surface area contributed by atoms with E-state index in [-0.39, 0.29) is 11.5 Å². The summed E-state index contributed by atoms with van der Waals surface area (Å²) in [5.74, 6) is -0.241. The second-order valence-corrected chi connectivity index (χ2v) is 6.49. The van der Waals surface area contributed by atoms with Crippen molar-refractivity contribution in [1.82, 2.24) is 0 Å². The van der Waals surface area contributed by atoms with E-state index in [1.54, 1.807) is 4.90 Å². The molecule has 0 radical (unpaired) electrons. The molecule has 124 valence electrons. The second kappa shape index (κ2) is 5.57. The molecule has 25 heavy (non-hydrogen) atoms. The summed E-state index contributed by atoms with van der Waals surface area (Å²) in [4.78, 5) is 14.5. The molecule has 0 bridgehead atoms. The number of aliphatic hydroxyl groups is 1. The summed E-state index contributed by atoms with van der Waals surface area (Å²) < 4.78 is 0. The van der Waals surface area contributed by atoms with Crippen LogP contribution in [0.25, 0.3) is 10.8 Å². The molecule has 3 aromatic rings. The number of anilines is 1. The number of hydrogen-bond acceptors (Lipinski definition) is 2. The van der Waals surface area contributed by atoms with Crippen LogP contribution in [0.4, 0.5) is 5.69 Å². The molecule has 1 heterocycles. The summed E-state index contributed by atoms with van der Waals surface area (Å²) in [6.45, 7) is 5.79. The van der Waals surface area contributed by atoms with Crippen LogP contribution >= 0.6 is 0 Å². The van der Waals surface area contributed by atoms with Crippen LogP contribution in [0.1, 0.15) is 12.5 Å². The van der Waals surface area contributed by atoms with Crippen molar-refractivity contribution in [1.29, 1.82) is 0 Å². The van der Waals surface area contributed by atoms with Crippen LogP contribution in [0, 0.1) is 0 Å². The first-order valence-electron chi connectivity index (χ1n) is 8.33.